The SMILES string of the molecule is O=C(Nc1ccc2ccccc2c1)c1ccc(Br)c([N+](=O)[O-])c1. The highest BCUT2D eigenvalue weighted by atomic mass is 79.9. The summed E-state index contributed by atoms with van der Waals surface area (Å²) in [5.74, 6) is -0.393. The van der Waals surface area contributed by atoms with Crippen molar-refractivity contribution >= 4 is 44.0 Å². The molecule has 0 saturated heterocycles. The first kappa shape index (κ1) is 15.2. The van der Waals surface area contributed by atoms with Crippen molar-refractivity contribution < 1.29 is 9.72 Å². The van der Waals surface area contributed by atoms with E-state index < -0.39 is 10.8 Å². The van der Waals surface area contributed by atoms with E-state index in [1.807, 2.05) is 36.4 Å². The number of carbonyl (C=O) groups is 1. The molecule has 6 heteroatoms. The minimum Gasteiger partial charge on any atom is -0.322 e. The maximum atomic E-state index is 12.3. The van der Waals surface area contributed by atoms with E-state index in [1.54, 1.807) is 6.07 Å². The van der Waals surface area contributed by atoms with Gasteiger partial charge in [0.25, 0.3) is 11.6 Å². The normalized spacial score (nSPS) is 10.5. The van der Waals surface area contributed by atoms with Gasteiger partial charge in [-0.05, 0) is 51.0 Å². The van der Waals surface area contributed by atoms with Crippen LogP contribution < -0.4 is 5.32 Å². The molecule has 1 N–H and O–H groups in total. The van der Waals surface area contributed by atoms with E-state index in [4.69, 9.17) is 0 Å². The highest BCUT2D eigenvalue weighted by Crippen LogP contribution is 2.26. The number of halogens is 1. The summed E-state index contributed by atoms with van der Waals surface area (Å²) in [7, 11) is 0. The van der Waals surface area contributed by atoms with Gasteiger partial charge in [0.1, 0.15) is 0 Å². The van der Waals surface area contributed by atoms with Gasteiger partial charge in [0, 0.05) is 17.3 Å². The van der Waals surface area contributed by atoms with E-state index in [2.05, 4.69) is 21.2 Å². The molecule has 3 rings (SSSR count). The Morgan fingerprint density at radius 3 is 2.48 bits per heavy atom. The van der Waals surface area contributed by atoms with Crippen LogP contribution in [0.2, 0.25) is 0 Å². The number of nitro benzene ring substituents is 1. The summed E-state index contributed by atoms with van der Waals surface area (Å²) < 4.78 is 0.338. The van der Waals surface area contributed by atoms with E-state index in [-0.39, 0.29) is 11.3 Å². The molecular weight excluding hydrogens is 360 g/mol. The smallest absolute Gasteiger partial charge is 0.284 e. The van der Waals surface area contributed by atoms with Crippen molar-refractivity contribution in [1.29, 1.82) is 0 Å². The van der Waals surface area contributed by atoms with Gasteiger partial charge >= 0.3 is 0 Å². The number of nitrogens with one attached hydrogen (secondary N) is 1. The number of carbonyl (C=O) groups excluding carboxylic acids is 1. The molecule has 1 amide bonds. The van der Waals surface area contributed by atoms with Crippen molar-refractivity contribution in [3.63, 3.8) is 0 Å². The Morgan fingerprint density at radius 2 is 1.74 bits per heavy atom. The Bertz CT molecular complexity index is 925. The van der Waals surface area contributed by atoms with E-state index in [0.717, 1.165) is 10.8 Å². The minimum absolute atomic E-state index is 0.142. The number of nitrogens with zero attached hydrogens (tertiary/aromatic N) is 1. The van der Waals surface area contributed by atoms with Crippen molar-refractivity contribution in [2.75, 3.05) is 5.32 Å². The van der Waals surface area contributed by atoms with Gasteiger partial charge in [-0.25, -0.2) is 0 Å². The summed E-state index contributed by atoms with van der Waals surface area (Å²) in [6, 6.07) is 17.7. The summed E-state index contributed by atoms with van der Waals surface area (Å²) in [4.78, 5) is 22.7. The molecule has 0 heterocycles. The fourth-order valence-electron chi connectivity index (χ4n) is 2.26. The average Bonchev–Trinajstić information content (AvgIpc) is 2.54. The molecule has 0 aliphatic heterocycles. The summed E-state index contributed by atoms with van der Waals surface area (Å²) in [5.41, 5.74) is 0.725. The number of anilines is 1. The third-order valence-corrected chi connectivity index (χ3v) is 4.08. The van der Waals surface area contributed by atoms with Crippen LogP contribution in [0.5, 0.6) is 0 Å². The van der Waals surface area contributed by atoms with Crippen LogP contribution in [0.25, 0.3) is 10.8 Å². The lowest BCUT2D eigenvalue weighted by Gasteiger charge is -2.07. The third-order valence-electron chi connectivity index (χ3n) is 3.41. The number of hydrogen-bond acceptors (Lipinski definition) is 3. The van der Waals surface area contributed by atoms with Crippen LogP contribution in [-0.2, 0) is 0 Å². The zero-order valence-corrected chi connectivity index (χ0v) is 13.4. The standard InChI is InChI=1S/C17H11BrN2O3/c18-15-8-6-13(10-16(15)20(22)23)17(21)19-14-7-5-11-3-1-2-4-12(11)9-14/h1-10H,(H,19,21). The van der Waals surface area contributed by atoms with Gasteiger partial charge in [-0.15, -0.1) is 0 Å². The number of amides is 1. The molecule has 0 atom stereocenters. The zero-order chi connectivity index (χ0) is 16.4. The molecule has 0 radical (unpaired) electrons. The van der Waals surface area contributed by atoms with Crippen molar-refractivity contribution in [2.45, 2.75) is 0 Å². The largest absolute Gasteiger partial charge is 0.322 e. The van der Waals surface area contributed by atoms with Crippen molar-refractivity contribution in [3.05, 3.63) is 80.8 Å². The monoisotopic (exact) mass is 370 g/mol. The number of nitro groups is 1. The second-order valence-corrected chi connectivity index (χ2v) is 5.79. The lowest BCUT2D eigenvalue weighted by atomic mass is 10.1. The maximum Gasteiger partial charge on any atom is 0.284 e. The van der Waals surface area contributed by atoms with Crippen LogP contribution in [0, 0.1) is 10.1 Å². The summed E-state index contributed by atoms with van der Waals surface area (Å²) in [5, 5.41) is 15.8. The Labute approximate surface area is 140 Å². The predicted octanol–water partition coefficient (Wildman–Crippen LogP) is 4.76. The molecule has 3 aromatic carbocycles. The summed E-state index contributed by atoms with van der Waals surface area (Å²) in [6.45, 7) is 0. The van der Waals surface area contributed by atoms with Gasteiger partial charge in [-0.2, -0.15) is 0 Å². The molecule has 0 spiro atoms. The first-order valence-corrected chi connectivity index (χ1v) is 7.58. The van der Waals surface area contributed by atoms with Gasteiger partial charge in [0.15, 0.2) is 0 Å². The fraction of sp³-hybridized carbons (Fsp3) is 0. The predicted molar refractivity (Wildman–Crippen MR) is 92.7 cm³/mol. The summed E-state index contributed by atoms with van der Waals surface area (Å²) in [6.07, 6.45) is 0. The topological polar surface area (TPSA) is 72.2 Å². The van der Waals surface area contributed by atoms with Gasteiger partial charge in [0.2, 0.25) is 0 Å². The second kappa shape index (κ2) is 6.18. The molecule has 3 aromatic rings. The van der Waals surface area contributed by atoms with E-state index >= 15 is 0 Å². The van der Waals surface area contributed by atoms with Gasteiger partial charge in [-0.3, -0.25) is 14.9 Å². The van der Waals surface area contributed by atoms with Gasteiger partial charge in [0.05, 0.1) is 9.40 Å². The second-order valence-electron chi connectivity index (χ2n) is 4.94. The fourth-order valence-corrected chi connectivity index (χ4v) is 2.66. The Hall–Kier alpha value is -2.73. The first-order valence-electron chi connectivity index (χ1n) is 6.79. The molecule has 0 saturated carbocycles. The average molecular weight is 371 g/mol. The Kier molecular flexibility index (Phi) is 4.08. The molecule has 0 aliphatic rings. The number of hydrogen-bond donors (Lipinski definition) is 1. The molecule has 0 aliphatic carbocycles. The lowest BCUT2D eigenvalue weighted by Crippen LogP contribution is -2.12. The highest BCUT2D eigenvalue weighted by molar-refractivity contribution is 9.10. The lowest BCUT2D eigenvalue weighted by molar-refractivity contribution is -0.385. The minimum atomic E-state index is -0.531. The van der Waals surface area contributed by atoms with Crippen molar-refractivity contribution in [3.8, 4) is 0 Å². The zero-order valence-electron chi connectivity index (χ0n) is 11.8. The van der Waals surface area contributed by atoms with E-state index in [9.17, 15) is 14.9 Å². The molecular formula is C17H11BrN2O3. The van der Waals surface area contributed by atoms with Crippen LogP contribution in [0.3, 0.4) is 0 Å². The van der Waals surface area contributed by atoms with E-state index in [0.29, 0.717) is 10.2 Å². The molecule has 5 nitrogen and oxygen atoms in total. The van der Waals surface area contributed by atoms with Crippen LogP contribution in [0.4, 0.5) is 11.4 Å². The molecule has 0 bridgehead atoms. The summed E-state index contributed by atoms with van der Waals surface area (Å²) >= 11 is 3.10. The number of fused-ring (bicyclic) bond motifs is 1. The van der Waals surface area contributed by atoms with Crippen molar-refractivity contribution in [2.24, 2.45) is 0 Å². The number of benzene rings is 3. The first-order chi connectivity index (χ1) is 11.0. The Balaban J connectivity index is 1.88. The molecule has 0 aromatic heterocycles. The highest BCUT2D eigenvalue weighted by Gasteiger charge is 2.16. The quantitative estimate of drug-likeness (QED) is 0.533. The van der Waals surface area contributed by atoms with Crippen LogP contribution in [-0.4, -0.2) is 10.8 Å². The molecule has 23 heavy (non-hydrogen) atoms. The van der Waals surface area contributed by atoms with Crippen LogP contribution in [0.15, 0.2) is 65.1 Å². The molecule has 0 unspecified atom stereocenters. The third kappa shape index (κ3) is 3.22. The Morgan fingerprint density at radius 1 is 1.00 bits per heavy atom. The van der Waals surface area contributed by atoms with Gasteiger partial charge in [-0.1, -0.05) is 30.3 Å². The molecule has 0 fully saturated rings. The maximum absolute atomic E-state index is 12.3. The van der Waals surface area contributed by atoms with Gasteiger partial charge < -0.3 is 5.32 Å². The number of rotatable bonds is 3. The molecule has 114 valence electrons. The van der Waals surface area contributed by atoms with E-state index in [1.165, 1.54) is 18.2 Å². The van der Waals surface area contributed by atoms with Crippen LogP contribution >= 0.6 is 15.9 Å². The van der Waals surface area contributed by atoms with Crippen molar-refractivity contribution in [1.82, 2.24) is 0 Å². The van der Waals surface area contributed by atoms with Crippen LogP contribution in [0.1, 0.15) is 10.4 Å².